The number of benzene rings is 2. The summed E-state index contributed by atoms with van der Waals surface area (Å²) in [7, 11) is 0. The Labute approximate surface area is 182 Å². The smallest absolute Gasteiger partial charge is 0.412 e. The molecule has 0 atom stereocenters. The van der Waals surface area contributed by atoms with Gasteiger partial charge in [0.2, 0.25) is 0 Å². The van der Waals surface area contributed by atoms with Crippen molar-refractivity contribution in [2.75, 3.05) is 5.32 Å². The fraction of sp³-hybridized carbons (Fsp3) is 0.385. The number of amides is 1. The number of hydrogen-bond acceptors (Lipinski definition) is 4. The summed E-state index contributed by atoms with van der Waals surface area (Å²) in [6.45, 7) is 3.79. The minimum atomic E-state index is -0.454. The highest BCUT2D eigenvalue weighted by Crippen LogP contribution is 2.40. The van der Waals surface area contributed by atoms with Gasteiger partial charge in [-0.15, -0.1) is 0 Å². The Bertz CT molecular complexity index is 1070. The highest BCUT2D eigenvalue weighted by atomic mass is 16.6. The van der Waals surface area contributed by atoms with Crippen LogP contribution in [0.5, 0.6) is 0 Å². The normalized spacial score (nSPS) is 17.5. The van der Waals surface area contributed by atoms with Crippen LogP contribution < -0.4 is 5.32 Å². The zero-order valence-electron chi connectivity index (χ0n) is 18.1. The van der Waals surface area contributed by atoms with Crippen molar-refractivity contribution in [2.45, 2.75) is 63.9 Å². The molecule has 5 heteroatoms. The maximum Gasteiger partial charge on any atom is 0.412 e. The summed E-state index contributed by atoms with van der Waals surface area (Å²) in [6.07, 6.45) is 6.17. The number of anilines is 1. The van der Waals surface area contributed by atoms with Gasteiger partial charge in [0.05, 0.1) is 0 Å². The van der Waals surface area contributed by atoms with Gasteiger partial charge in [0, 0.05) is 5.56 Å². The van der Waals surface area contributed by atoms with E-state index in [0.717, 1.165) is 42.7 Å². The zero-order valence-corrected chi connectivity index (χ0v) is 18.1. The van der Waals surface area contributed by atoms with Crippen LogP contribution >= 0.6 is 0 Å². The van der Waals surface area contributed by atoms with E-state index in [-0.39, 0.29) is 5.60 Å². The van der Waals surface area contributed by atoms with Crippen LogP contribution in [0.25, 0.3) is 22.4 Å². The molecule has 2 fully saturated rings. The van der Waals surface area contributed by atoms with Gasteiger partial charge in [-0.1, -0.05) is 53.7 Å². The molecule has 0 radical (unpaired) electrons. The van der Waals surface area contributed by atoms with E-state index in [2.05, 4.69) is 46.9 Å². The first-order valence-electron chi connectivity index (χ1n) is 11.2. The fourth-order valence-corrected chi connectivity index (χ4v) is 4.48. The molecule has 5 rings (SSSR count). The summed E-state index contributed by atoms with van der Waals surface area (Å²) in [4.78, 5) is 12.5. The summed E-state index contributed by atoms with van der Waals surface area (Å²) in [6, 6.07) is 17.0. The molecule has 0 aliphatic heterocycles. The molecule has 0 bridgehead atoms. The SMILES string of the molecule is Cc1onc(-c2ccc(-c3ccc(C4CC4)cc3)cc2)c1NC(=O)OC1(C)CCCC1. The summed E-state index contributed by atoms with van der Waals surface area (Å²) in [5, 5.41) is 7.04. The number of carbonyl (C=O) groups excluding carboxylic acids is 1. The van der Waals surface area contributed by atoms with E-state index in [1.165, 1.54) is 24.0 Å². The molecule has 3 aromatic rings. The first-order valence-corrected chi connectivity index (χ1v) is 11.2. The van der Waals surface area contributed by atoms with Crippen LogP contribution in [0.4, 0.5) is 10.5 Å². The van der Waals surface area contributed by atoms with Gasteiger partial charge in [0.1, 0.15) is 17.0 Å². The first kappa shape index (κ1) is 19.9. The Hall–Kier alpha value is -3.08. The molecule has 1 heterocycles. The lowest BCUT2D eigenvalue weighted by molar-refractivity contribution is 0.0400. The van der Waals surface area contributed by atoms with Gasteiger partial charge in [-0.3, -0.25) is 5.32 Å². The van der Waals surface area contributed by atoms with Gasteiger partial charge in [0.25, 0.3) is 0 Å². The molecule has 1 aromatic heterocycles. The molecule has 2 aliphatic rings. The number of carbonyl (C=O) groups is 1. The topological polar surface area (TPSA) is 64.4 Å². The van der Waals surface area contributed by atoms with Crippen molar-refractivity contribution in [2.24, 2.45) is 0 Å². The Morgan fingerprint density at radius 2 is 1.58 bits per heavy atom. The lowest BCUT2D eigenvalue weighted by Gasteiger charge is -2.24. The minimum absolute atomic E-state index is 0.383. The van der Waals surface area contributed by atoms with Gasteiger partial charge < -0.3 is 9.26 Å². The van der Waals surface area contributed by atoms with Crippen LogP contribution in [0.2, 0.25) is 0 Å². The third-order valence-corrected chi connectivity index (χ3v) is 6.54. The van der Waals surface area contributed by atoms with Gasteiger partial charge in [-0.2, -0.15) is 0 Å². The fourth-order valence-electron chi connectivity index (χ4n) is 4.48. The summed E-state index contributed by atoms with van der Waals surface area (Å²) in [5.41, 5.74) is 5.46. The number of nitrogens with zero attached hydrogens (tertiary/aromatic N) is 1. The predicted octanol–water partition coefficient (Wildman–Crippen LogP) is 7.08. The van der Waals surface area contributed by atoms with Gasteiger partial charge in [0.15, 0.2) is 5.76 Å². The number of aryl methyl sites for hydroxylation is 1. The predicted molar refractivity (Wildman–Crippen MR) is 121 cm³/mol. The number of aromatic nitrogens is 1. The Morgan fingerprint density at radius 1 is 1.00 bits per heavy atom. The van der Waals surface area contributed by atoms with Crippen LogP contribution in [0.15, 0.2) is 53.1 Å². The second-order valence-electron chi connectivity index (χ2n) is 9.11. The zero-order chi connectivity index (χ0) is 21.4. The molecule has 0 unspecified atom stereocenters. The highest BCUT2D eigenvalue weighted by molar-refractivity contribution is 5.91. The van der Waals surface area contributed by atoms with E-state index in [0.29, 0.717) is 17.1 Å². The standard InChI is InChI=1S/C26H28N2O3/c1-17-23(27-25(29)30-26(2)15-3-4-16-26)24(28-31-17)22-13-11-21(12-14-22)20-9-7-19(8-10-20)18-5-6-18/h7-14,18H,3-6,15-16H2,1-2H3,(H,27,29). The molecule has 5 nitrogen and oxygen atoms in total. The Morgan fingerprint density at radius 3 is 2.19 bits per heavy atom. The quantitative estimate of drug-likeness (QED) is 0.483. The maximum atomic E-state index is 12.5. The lowest BCUT2D eigenvalue weighted by Crippen LogP contribution is -2.30. The summed E-state index contributed by atoms with van der Waals surface area (Å²) in [5.74, 6) is 1.32. The van der Waals surface area contributed by atoms with E-state index in [1.807, 2.05) is 19.1 Å². The van der Waals surface area contributed by atoms with Crippen LogP contribution in [-0.4, -0.2) is 16.9 Å². The molecule has 31 heavy (non-hydrogen) atoms. The molecule has 0 saturated heterocycles. The molecule has 2 saturated carbocycles. The average Bonchev–Trinajstić information content (AvgIpc) is 3.45. The van der Waals surface area contributed by atoms with E-state index in [9.17, 15) is 4.79 Å². The third kappa shape index (κ3) is 4.22. The van der Waals surface area contributed by atoms with Crippen LogP contribution in [0, 0.1) is 6.92 Å². The second-order valence-corrected chi connectivity index (χ2v) is 9.11. The Kier molecular flexibility index (Phi) is 5.05. The molecule has 160 valence electrons. The molecule has 1 amide bonds. The van der Waals surface area contributed by atoms with Gasteiger partial charge >= 0.3 is 6.09 Å². The third-order valence-electron chi connectivity index (χ3n) is 6.54. The maximum absolute atomic E-state index is 12.5. The highest BCUT2D eigenvalue weighted by Gasteiger charge is 2.33. The van der Waals surface area contributed by atoms with Gasteiger partial charge in [-0.05, 0) is 75.0 Å². The van der Waals surface area contributed by atoms with Crippen molar-refractivity contribution in [1.82, 2.24) is 5.16 Å². The summed E-state index contributed by atoms with van der Waals surface area (Å²) >= 11 is 0. The number of nitrogens with one attached hydrogen (secondary N) is 1. The largest absolute Gasteiger partial charge is 0.443 e. The molecule has 0 spiro atoms. The van der Waals surface area contributed by atoms with Crippen LogP contribution in [-0.2, 0) is 4.74 Å². The van der Waals surface area contributed by atoms with E-state index < -0.39 is 6.09 Å². The average molecular weight is 417 g/mol. The van der Waals surface area contributed by atoms with Gasteiger partial charge in [-0.25, -0.2) is 4.79 Å². The van der Waals surface area contributed by atoms with Crippen molar-refractivity contribution in [3.63, 3.8) is 0 Å². The minimum Gasteiger partial charge on any atom is -0.443 e. The lowest BCUT2D eigenvalue weighted by atomic mass is 10.00. The van der Waals surface area contributed by atoms with E-state index in [1.54, 1.807) is 6.92 Å². The number of hydrogen-bond donors (Lipinski definition) is 1. The molecule has 2 aliphatic carbocycles. The Balaban J connectivity index is 1.32. The van der Waals surface area contributed by atoms with E-state index >= 15 is 0 Å². The van der Waals surface area contributed by atoms with E-state index in [4.69, 9.17) is 9.26 Å². The molecular formula is C26H28N2O3. The van der Waals surface area contributed by atoms with Crippen molar-refractivity contribution in [1.29, 1.82) is 0 Å². The summed E-state index contributed by atoms with van der Waals surface area (Å²) < 4.78 is 11.1. The number of rotatable bonds is 5. The molecule has 2 aromatic carbocycles. The van der Waals surface area contributed by atoms with Crippen molar-refractivity contribution in [3.8, 4) is 22.4 Å². The number of ether oxygens (including phenoxy) is 1. The molecular weight excluding hydrogens is 388 g/mol. The molecule has 1 N–H and O–H groups in total. The van der Waals surface area contributed by atoms with Crippen LogP contribution in [0.3, 0.4) is 0 Å². The monoisotopic (exact) mass is 416 g/mol. The van der Waals surface area contributed by atoms with Crippen LogP contribution in [0.1, 0.15) is 62.7 Å². The first-order chi connectivity index (χ1) is 15.0. The van der Waals surface area contributed by atoms with Crippen molar-refractivity contribution in [3.05, 3.63) is 59.9 Å². The van der Waals surface area contributed by atoms with Crippen molar-refractivity contribution >= 4 is 11.8 Å². The van der Waals surface area contributed by atoms with Crippen molar-refractivity contribution < 1.29 is 14.1 Å². The second kappa shape index (κ2) is 7.88.